The fraction of sp³-hybridized carbons (Fsp3) is 0.545. The van der Waals surface area contributed by atoms with Crippen LogP contribution in [0, 0.1) is 37.5 Å². The number of fused-ring (bicyclic) bond motifs is 5. The van der Waals surface area contributed by atoms with Crippen molar-refractivity contribution in [3.05, 3.63) is 29.3 Å². The maximum atomic E-state index is 12.6. The molecule has 7 heteroatoms. The molecule has 2 saturated carbocycles. The zero-order valence-electron chi connectivity index (χ0n) is 16.8. The molecular formula is C22H26N2O5. The molecule has 1 aliphatic heterocycles. The fourth-order valence-electron chi connectivity index (χ4n) is 5.13. The Morgan fingerprint density at radius 2 is 1.72 bits per heavy atom. The first-order chi connectivity index (χ1) is 13.8. The van der Waals surface area contributed by atoms with Crippen LogP contribution in [-0.2, 0) is 23.9 Å². The molecule has 3 aliphatic rings. The van der Waals surface area contributed by atoms with Gasteiger partial charge < -0.3 is 10.1 Å². The Labute approximate surface area is 169 Å². The second-order valence-electron chi connectivity index (χ2n) is 8.47. The standard InChI is InChI=1S/C22H26N2O5/c1-12-3-6-16(9-13(12)2)23-17(25)11-29-18(26)7-8-24-21(27)19-14-4-5-15(10-14)20(19)22(24)28/h3,6,9,14-15,19-20H,4-5,7-8,10-11H2,1-2H3,(H,23,25)/t14-,15+,19-,20+. The van der Waals surface area contributed by atoms with Gasteiger partial charge in [-0.15, -0.1) is 0 Å². The Morgan fingerprint density at radius 1 is 1.07 bits per heavy atom. The average molecular weight is 398 g/mol. The summed E-state index contributed by atoms with van der Waals surface area (Å²) in [7, 11) is 0. The average Bonchev–Trinajstić information content (AvgIpc) is 3.36. The second kappa shape index (κ2) is 7.61. The van der Waals surface area contributed by atoms with Crippen molar-refractivity contribution in [2.45, 2.75) is 39.5 Å². The van der Waals surface area contributed by atoms with Gasteiger partial charge in [-0.1, -0.05) is 6.07 Å². The number of imide groups is 1. The second-order valence-corrected chi connectivity index (χ2v) is 8.47. The molecule has 1 saturated heterocycles. The molecule has 154 valence electrons. The van der Waals surface area contributed by atoms with E-state index in [1.807, 2.05) is 26.0 Å². The minimum Gasteiger partial charge on any atom is -0.456 e. The Hall–Kier alpha value is -2.70. The number of rotatable bonds is 6. The van der Waals surface area contributed by atoms with Crippen LogP contribution >= 0.6 is 0 Å². The fourth-order valence-corrected chi connectivity index (χ4v) is 5.13. The van der Waals surface area contributed by atoms with Crippen LogP contribution in [0.15, 0.2) is 18.2 Å². The molecule has 4 rings (SSSR count). The number of carbonyl (C=O) groups is 4. The predicted molar refractivity (Wildman–Crippen MR) is 105 cm³/mol. The molecule has 1 aromatic rings. The number of anilines is 1. The summed E-state index contributed by atoms with van der Waals surface area (Å²) in [5.74, 6) is -0.996. The number of nitrogens with one attached hydrogen (secondary N) is 1. The molecule has 0 spiro atoms. The number of nitrogens with zero attached hydrogens (tertiary/aromatic N) is 1. The summed E-state index contributed by atoms with van der Waals surface area (Å²) in [6.07, 6.45) is 2.94. The van der Waals surface area contributed by atoms with E-state index in [1.54, 1.807) is 6.07 Å². The highest BCUT2D eigenvalue weighted by Crippen LogP contribution is 2.56. The van der Waals surface area contributed by atoms with Crippen molar-refractivity contribution >= 4 is 29.4 Å². The Morgan fingerprint density at radius 3 is 2.34 bits per heavy atom. The summed E-state index contributed by atoms with van der Waals surface area (Å²) in [5, 5.41) is 2.69. The summed E-state index contributed by atoms with van der Waals surface area (Å²) >= 11 is 0. The first kappa shape index (κ1) is 19.6. The first-order valence-electron chi connectivity index (χ1n) is 10.2. The topological polar surface area (TPSA) is 92.8 Å². The highest BCUT2D eigenvalue weighted by Gasteiger charge is 2.60. The van der Waals surface area contributed by atoms with Crippen LogP contribution in [0.1, 0.15) is 36.8 Å². The van der Waals surface area contributed by atoms with E-state index in [-0.39, 0.29) is 36.6 Å². The minimum absolute atomic E-state index is 0.0295. The molecule has 2 bridgehead atoms. The molecule has 0 radical (unpaired) electrons. The van der Waals surface area contributed by atoms with E-state index in [9.17, 15) is 19.2 Å². The van der Waals surface area contributed by atoms with Gasteiger partial charge >= 0.3 is 5.97 Å². The summed E-state index contributed by atoms with van der Waals surface area (Å²) in [6, 6.07) is 5.54. The summed E-state index contributed by atoms with van der Waals surface area (Å²) in [5.41, 5.74) is 2.82. The maximum Gasteiger partial charge on any atom is 0.308 e. The molecule has 7 nitrogen and oxygen atoms in total. The van der Waals surface area contributed by atoms with Crippen LogP contribution in [-0.4, -0.2) is 41.7 Å². The van der Waals surface area contributed by atoms with Gasteiger partial charge in [-0.3, -0.25) is 24.1 Å². The van der Waals surface area contributed by atoms with E-state index < -0.39 is 18.5 Å². The van der Waals surface area contributed by atoms with Gasteiger partial charge in [0.25, 0.3) is 5.91 Å². The summed E-state index contributed by atoms with van der Waals surface area (Å²) in [6.45, 7) is 3.56. The number of aryl methyl sites for hydroxylation is 2. The summed E-state index contributed by atoms with van der Waals surface area (Å²) in [4.78, 5) is 50.4. The van der Waals surface area contributed by atoms with Gasteiger partial charge in [-0.05, 0) is 68.2 Å². The van der Waals surface area contributed by atoms with E-state index >= 15 is 0 Å². The number of esters is 1. The van der Waals surface area contributed by atoms with Crippen LogP contribution in [0.4, 0.5) is 5.69 Å². The zero-order chi connectivity index (χ0) is 20.7. The summed E-state index contributed by atoms with van der Waals surface area (Å²) < 4.78 is 5.01. The first-order valence-corrected chi connectivity index (χ1v) is 10.2. The third-order valence-electron chi connectivity index (χ3n) is 6.71. The third-order valence-corrected chi connectivity index (χ3v) is 6.71. The molecule has 3 amide bonds. The Balaban J connectivity index is 1.23. The van der Waals surface area contributed by atoms with Gasteiger partial charge in [-0.25, -0.2) is 0 Å². The predicted octanol–water partition coefficient (Wildman–Crippen LogP) is 2.21. The largest absolute Gasteiger partial charge is 0.456 e. The van der Waals surface area contributed by atoms with E-state index in [1.165, 1.54) is 4.90 Å². The van der Waals surface area contributed by atoms with Crippen molar-refractivity contribution in [2.24, 2.45) is 23.7 Å². The number of carbonyl (C=O) groups excluding carboxylic acids is 4. The highest BCUT2D eigenvalue weighted by atomic mass is 16.5. The van der Waals surface area contributed by atoms with Crippen LogP contribution in [0.25, 0.3) is 0 Å². The van der Waals surface area contributed by atoms with E-state index in [0.29, 0.717) is 17.5 Å². The maximum absolute atomic E-state index is 12.6. The zero-order valence-corrected chi connectivity index (χ0v) is 16.8. The lowest BCUT2D eigenvalue weighted by atomic mass is 9.81. The number of hydrogen-bond donors (Lipinski definition) is 1. The van der Waals surface area contributed by atoms with Crippen molar-refractivity contribution in [1.82, 2.24) is 4.90 Å². The number of likely N-dealkylation sites (tertiary alicyclic amines) is 1. The molecule has 2 aliphatic carbocycles. The lowest BCUT2D eigenvalue weighted by molar-refractivity contribution is -0.149. The highest BCUT2D eigenvalue weighted by molar-refractivity contribution is 6.06. The molecule has 1 heterocycles. The third kappa shape index (κ3) is 3.66. The van der Waals surface area contributed by atoms with E-state index in [0.717, 1.165) is 30.4 Å². The quantitative estimate of drug-likeness (QED) is 0.586. The lowest BCUT2D eigenvalue weighted by Gasteiger charge is -2.19. The number of amides is 3. The van der Waals surface area contributed by atoms with Crippen LogP contribution in [0.3, 0.4) is 0 Å². The molecule has 3 fully saturated rings. The van der Waals surface area contributed by atoms with Crippen LogP contribution < -0.4 is 5.32 Å². The van der Waals surface area contributed by atoms with Crippen molar-refractivity contribution in [3.8, 4) is 0 Å². The van der Waals surface area contributed by atoms with E-state index in [2.05, 4.69) is 5.32 Å². The van der Waals surface area contributed by atoms with E-state index in [4.69, 9.17) is 4.74 Å². The van der Waals surface area contributed by atoms with Gasteiger partial charge in [0, 0.05) is 12.2 Å². The van der Waals surface area contributed by atoms with Gasteiger partial charge in [0.15, 0.2) is 6.61 Å². The smallest absolute Gasteiger partial charge is 0.308 e. The molecule has 4 atom stereocenters. The minimum atomic E-state index is -0.596. The van der Waals surface area contributed by atoms with Crippen LogP contribution in [0.5, 0.6) is 0 Å². The SMILES string of the molecule is Cc1ccc(NC(=O)COC(=O)CCN2C(=O)[C@@H]3[C@@H]4CC[C@@H](C4)[C@@H]3C2=O)cc1C. The molecular weight excluding hydrogens is 372 g/mol. The number of benzene rings is 1. The molecule has 0 unspecified atom stereocenters. The van der Waals surface area contributed by atoms with Gasteiger partial charge in [0.2, 0.25) is 11.8 Å². The molecule has 1 N–H and O–H groups in total. The Bertz CT molecular complexity index is 852. The van der Waals surface area contributed by atoms with Crippen molar-refractivity contribution in [3.63, 3.8) is 0 Å². The van der Waals surface area contributed by atoms with Crippen molar-refractivity contribution in [1.29, 1.82) is 0 Å². The lowest BCUT2D eigenvalue weighted by Crippen LogP contribution is -2.35. The molecule has 1 aromatic carbocycles. The van der Waals surface area contributed by atoms with Gasteiger partial charge in [-0.2, -0.15) is 0 Å². The van der Waals surface area contributed by atoms with Crippen LogP contribution in [0.2, 0.25) is 0 Å². The molecule has 0 aromatic heterocycles. The monoisotopic (exact) mass is 398 g/mol. The van der Waals surface area contributed by atoms with Crippen molar-refractivity contribution < 1.29 is 23.9 Å². The Kier molecular flexibility index (Phi) is 5.15. The van der Waals surface area contributed by atoms with Gasteiger partial charge in [0.1, 0.15) is 0 Å². The number of ether oxygens (including phenoxy) is 1. The van der Waals surface area contributed by atoms with Gasteiger partial charge in [0.05, 0.1) is 18.3 Å². The molecule has 29 heavy (non-hydrogen) atoms. The van der Waals surface area contributed by atoms with Crippen molar-refractivity contribution in [2.75, 3.05) is 18.5 Å². The number of hydrogen-bond acceptors (Lipinski definition) is 5. The normalized spacial score (nSPS) is 27.3.